The highest BCUT2D eigenvalue weighted by atomic mass is 127. The molecule has 0 spiro atoms. The van der Waals surface area contributed by atoms with E-state index in [0.29, 0.717) is 138 Å². The molecule has 0 aliphatic carbocycles. The van der Waals surface area contributed by atoms with Gasteiger partial charge in [-0.15, -0.1) is 0 Å². The molecule has 1 aromatic rings. The Kier molecular flexibility index (Phi) is 33.4. The molecule has 272 valence electrons. The zero-order valence-corrected chi connectivity index (χ0v) is 29.6. The molecule has 0 saturated heterocycles. The molecular formula is C32H53IO14. The van der Waals surface area contributed by atoms with Crippen LogP contribution >= 0.6 is 22.6 Å². The molecule has 14 nitrogen and oxygen atoms in total. The number of esters is 1. The lowest BCUT2D eigenvalue weighted by Crippen LogP contribution is -2.20. The number of carbonyl (C=O) groups is 2. The fourth-order valence-electron chi connectivity index (χ4n) is 3.32. The van der Waals surface area contributed by atoms with Crippen molar-refractivity contribution in [1.29, 1.82) is 0 Å². The van der Waals surface area contributed by atoms with Crippen LogP contribution in [0.1, 0.15) is 10.4 Å². The summed E-state index contributed by atoms with van der Waals surface area (Å²) in [5.74, 6) is -1.57. The van der Waals surface area contributed by atoms with Crippen molar-refractivity contribution in [2.75, 3.05) is 156 Å². The molecule has 0 saturated carbocycles. The second-order valence-corrected chi connectivity index (χ2v) is 10.3. The molecule has 0 aromatic heterocycles. The Labute approximate surface area is 292 Å². The molecule has 1 rings (SSSR count). The summed E-state index contributed by atoms with van der Waals surface area (Å²) in [7, 11) is 0. The van der Waals surface area contributed by atoms with E-state index in [1.165, 1.54) is 0 Å². The van der Waals surface area contributed by atoms with Crippen LogP contribution in [0, 0.1) is 0 Å². The van der Waals surface area contributed by atoms with E-state index in [1.54, 1.807) is 30.3 Å². The summed E-state index contributed by atoms with van der Waals surface area (Å²) in [5, 5.41) is 0. The van der Waals surface area contributed by atoms with Crippen molar-refractivity contribution in [3.63, 3.8) is 0 Å². The number of carbonyl (C=O) groups excluding carboxylic acids is 2. The van der Waals surface area contributed by atoms with Gasteiger partial charge in [0.2, 0.25) is 0 Å². The van der Waals surface area contributed by atoms with Gasteiger partial charge in [0.25, 0.3) is 5.78 Å². The van der Waals surface area contributed by atoms with Crippen LogP contribution in [0.25, 0.3) is 0 Å². The van der Waals surface area contributed by atoms with E-state index < -0.39 is 11.8 Å². The molecule has 0 atom stereocenters. The summed E-state index contributed by atoms with van der Waals surface area (Å²) in [6.45, 7) is 10.7. The Bertz CT molecular complexity index is 820. The van der Waals surface area contributed by atoms with Gasteiger partial charge in [-0.2, -0.15) is 0 Å². The maximum absolute atomic E-state index is 11.9. The lowest BCUT2D eigenvalue weighted by molar-refractivity contribution is -0.139. The van der Waals surface area contributed by atoms with E-state index in [0.717, 1.165) is 11.0 Å². The second-order valence-electron chi connectivity index (χ2n) is 9.26. The van der Waals surface area contributed by atoms with Crippen LogP contribution in [0.2, 0.25) is 0 Å². The van der Waals surface area contributed by atoms with E-state index in [-0.39, 0.29) is 13.2 Å². The van der Waals surface area contributed by atoms with Crippen molar-refractivity contribution < 1.29 is 66.4 Å². The summed E-state index contributed by atoms with van der Waals surface area (Å²) in [6, 6.07) is 8.26. The van der Waals surface area contributed by atoms with Crippen LogP contribution in [-0.4, -0.2) is 168 Å². The molecule has 47 heavy (non-hydrogen) atoms. The lowest BCUT2D eigenvalue weighted by Gasteiger charge is -2.09. The van der Waals surface area contributed by atoms with Gasteiger partial charge >= 0.3 is 5.97 Å². The lowest BCUT2D eigenvalue weighted by atomic mass is 10.1. The summed E-state index contributed by atoms with van der Waals surface area (Å²) in [5.41, 5.74) is 0.296. The fourth-order valence-corrected chi connectivity index (χ4v) is 3.63. The maximum atomic E-state index is 11.9. The molecule has 0 aliphatic rings. The number of hydrogen-bond donors (Lipinski definition) is 0. The number of hydrogen-bond acceptors (Lipinski definition) is 14. The van der Waals surface area contributed by atoms with Gasteiger partial charge in [0.15, 0.2) is 0 Å². The Balaban J connectivity index is 1.66. The summed E-state index contributed by atoms with van der Waals surface area (Å²) in [4.78, 5) is 23.6. The first kappa shape index (κ1) is 43.7. The minimum absolute atomic E-state index is 0.00206. The van der Waals surface area contributed by atoms with Gasteiger partial charge in [-0.25, -0.2) is 4.79 Å². The second kappa shape index (κ2) is 35.9. The summed E-state index contributed by atoms with van der Waals surface area (Å²) < 4.78 is 65.5. The summed E-state index contributed by atoms with van der Waals surface area (Å²) in [6.07, 6.45) is 0. The van der Waals surface area contributed by atoms with Gasteiger partial charge < -0.3 is 56.8 Å². The molecule has 0 unspecified atom stereocenters. The van der Waals surface area contributed by atoms with Gasteiger partial charge in [-0.3, -0.25) is 4.79 Å². The van der Waals surface area contributed by atoms with Crippen molar-refractivity contribution in [2.45, 2.75) is 0 Å². The van der Waals surface area contributed by atoms with E-state index in [4.69, 9.17) is 56.8 Å². The molecule has 0 bridgehead atoms. The van der Waals surface area contributed by atoms with Gasteiger partial charge in [0.05, 0.1) is 145 Å². The molecule has 0 heterocycles. The van der Waals surface area contributed by atoms with Crippen molar-refractivity contribution in [2.24, 2.45) is 0 Å². The van der Waals surface area contributed by atoms with Crippen LogP contribution in [0.3, 0.4) is 0 Å². The van der Waals surface area contributed by atoms with Crippen LogP contribution in [0.4, 0.5) is 0 Å². The molecule has 0 aliphatic heterocycles. The van der Waals surface area contributed by atoms with Crippen LogP contribution in [-0.2, 0) is 61.6 Å². The first-order chi connectivity index (χ1) is 23.3. The monoisotopic (exact) mass is 788 g/mol. The van der Waals surface area contributed by atoms with Crippen molar-refractivity contribution in [1.82, 2.24) is 0 Å². The molecule has 0 radical (unpaired) electrons. The average Bonchev–Trinajstić information content (AvgIpc) is 3.10. The number of halogens is 1. The van der Waals surface area contributed by atoms with Crippen LogP contribution < -0.4 is 0 Å². The normalized spacial score (nSPS) is 11.3. The highest BCUT2D eigenvalue weighted by molar-refractivity contribution is 14.1. The number of ketones is 1. The van der Waals surface area contributed by atoms with E-state index in [1.807, 2.05) is 0 Å². The zero-order chi connectivity index (χ0) is 33.7. The Morgan fingerprint density at radius 3 is 0.915 bits per heavy atom. The minimum Gasteiger partial charge on any atom is -0.457 e. The highest BCUT2D eigenvalue weighted by Gasteiger charge is 2.17. The molecular weight excluding hydrogens is 735 g/mol. The number of Topliss-reactive ketones (excluding diaryl/α,β-unsaturated/α-hetero) is 1. The Hall–Kier alpha value is -1.35. The van der Waals surface area contributed by atoms with Crippen molar-refractivity contribution in [3.05, 3.63) is 35.9 Å². The summed E-state index contributed by atoms with van der Waals surface area (Å²) >= 11 is 2.27. The topological polar surface area (TPSA) is 145 Å². The van der Waals surface area contributed by atoms with E-state index in [9.17, 15) is 9.59 Å². The highest BCUT2D eigenvalue weighted by Crippen LogP contribution is 2.01. The SMILES string of the molecule is O=C(OCCOCCOCCOCCOCCOCCOCCOCCOCCOCCOCCOCCI)C(=O)c1ccccc1. The minimum atomic E-state index is -0.897. The number of benzene rings is 1. The smallest absolute Gasteiger partial charge is 0.379 e. The molecule has 0 N–H and O–H groups in total. The van der Waals surface area contributed by atoms with Crippen LogP contribution in [0.15, 0.2) is 30.3 Å². The van der Waals surface area contributed by atoms with Gasteiger partial charge in [0, 0.05) is 9.99 Å². The van der Waals surface area contributed by atoms with E-state index >= 15 is 0 Å². The van der Waals surface area contributed by atoms with Crippen molar-refractivity contribution >= 4 is 34.3 Å². The van der Waals surface area contributed by atoms with Crippen molar-refractivity contribution in [3.8, 4) is 0 Å². The maximum Gasteiger partial charge on any atom is 0.379 e. The van der Waals surface area contributed by atoms with Gasteiger partial charge in [-0.05, 0) is 0 Å². The first-order valence-corrected chi connectivity index (χ1v) is 17.5. The number of ether oxygens (including phenoxy) is 12. The third-order valence-electron chi connectivity index (χ3n) is 5.62. The Morgan fingerprint density at radius 2 is 0.638 bits per heavy atom. The fraction of sp³-hybridized carbons (Fsp3) is 0.750. The first-order valence-electron chi connectivity index (χ1n) is 15.9. The van der Waals surface area contributed by atoms with Crippen LogP contribution in [0.5, 0.6) is 0 Å². The number of alkyl halides is 1. The van der Waals surface area contributed by atoms with Gasteiger partial charge in [0.1, 0.15) is 6.61 Å². The third-order valence-corrected chi connectivity index (χ3v) is 6.06. The third kappa shape index (κ3) is 30.4. The standard InChI is InChI=1S/C32H53IO14/c33-6-7-36-8-9-37-10-11-38-12-13-39-14-15-40-16-17-41-18-19-42-20-21-43-22-23-44-24-25-45-26-27-46-28-29-47-32(35)31(34)30-4-2-1-3-5-30/h1-5H,6-29H2. The number of rotatable bonds is 37. The molecule has 0 amide bonds. The average molecular weight is 789 g/mol. The van der Waals surface area contributed by atoms with Gasteiger partial charge in [-0.1, -0.05) is 52.9 Å². The Morgan fingerprint density at radius 1 is 0.383 bits per heavy atom. The molecule has 1 aromatic carbocycles. The molecule has 15 heteroatoms. The zero-order valence-electron chi connectivity index (χ0n) is 27.5. The molecule has 0 fully saturated rings. The largest absolute Gasteiger partial charge is 0.457 e. The predicted molar refractivity (Wildman–Crippen MR) is 180 cm³/mol. The quantitative estimate of drug-likeness (QED) is 0.0242. The van der Waals surface area contributed by atoms with E-state index in [2.05, 4.69) is 22.6 Å². The predicted octanol–water partition coefficient (Wildman–Crippen LogP) is 2.03.